The highest BCUT2D eigenvalue weighted by molar-refractivity contribution is 6.31. The normalized spacial score (nSPS) is 11.8. The predicted octanol–water partition coefficient (Wildman–Crippen LogP) is 8.43. The summed E-state index contributed by atoms with van der Waals surface area (Å²) in [5.41, 5.74) is 5.38. The molecular weight excluding hydrogens is 622 g/mol. The lowest BCUT2D eigenvalue weighted by Crippen LogP contribution is -2.32. The molecule has 0 spiro atoms. The third-order valence-corrected chi connectivity index (χ3v) is 8.55. The molecule has 0 aliphatic heterocycles. The molecule has 0 radical (unpaired) electrons. The van der Waals surface area contributed by atoms with Crippen LogP contribution in [0.5, 0.6) is 0 Å². The van der Waals surface area contributed by atoms with Gasteiger partial charge in [0.05, 0.1) is 35.5 Å². The Hall–Kier alpha value is -5.27. The Morgan fingerprint density at radius 3 is 2.29 bits per heavy atom. The first-order chi connectivity index (χ1) is 23.3. The molecule has 0 fully saturated rings. The SMILES string of the molecule is CCN(CC)C(=O)c1ccccc1CCC(NC(=O)c1ccccc1C(=O)OC)c1cccc(/C=C/c2ccc3ccc(Cl)cc3n2)c1. The Labute approximate surface area is 286 Å². The molecule has 4 aromatic carbocycles. The molecule has 0 aliphatic carbocycles. The van der Waals surface area contributed by atoms with Crippen LogP contribution in [0.1, 0.15) is 79.8 Å². The number of methoxy groups -OCH3 is 1. The van der Waals surface area contributed by atoms with Crippen LogP contribution < -0.4 is 5.32 Å². The van der Waals surface area contributed by atoms with E-state index < -0.39 is 17.9 Å². The molecule has 5 rings (SSSR count). The molecule has 1 N–H and O–H groups in total. The summed E-state index contributed by atoms with van der Waals surface area (Å²) in [6, 6.07) is 31.3. The molecule has 0 saturated carbocycles. The van der Waals surface area contributed by atoms with Gasteiger partial charge >= 0.3 is 5.97 Å². The molecule has 7 nitrogen and oxygen atoms in total. The van der Waals surface area contributed by atoms with E-state index in [0.717, 1.165) is 33.3 Å². The summed E-state index contributed by atoms with van der Waals surface area (Å²) in [7, 11) is 1.29. The van der Waals surface area contributed by atoms with E-state index in [9.17, 15) is 14.4 Å². The van der Waals surface area contributed by atoms with Gasteiger partial charge in [0.1, 0.15) is 0 Å². The van der Waals surface area contributed by atoms with E-state index in [1.807, 2.05) is 105 Å². The number of aryl methyl sites for hydroxylation is 1. The third-order valence-electron chi connectivity index (χ3n) is 8.32. The first kappa shape index (κ1) is 34.1. The summed E-state index contributed by atoms with van der Waals surface area (Å²) in [6.45, 7) is 5.17. The second kappa shape index (κ2) is 16.0. The van der Waals surface area contributed by atoms with E-state index in [4.69, 9.17) is 21.3 Å². The largest absolute Gasteiger partial charge is 0.465 e. The van der Waals surface area contributed by atoms with Crippen molar-refractivity contribution in [3.05, 3.63) is 147 Å². The fourth-order valence-corrected chi connectivity index (χ4v) is 5.88. The lowest BCUT2D eigenvalue weighted by molar-refractivity contribution is 0.0595. The molecule has 0 bridgehead atoms. The molecule has 48 heavy (non-hydrogen) atoms. The zero-order chi connectivity index (χ0) is 34.0. The van der Waals surface area contributed by atoms with Crippen LogP contribution in [0.2, 0.25) is 5.02 Å². The molecule has 1 heterocycles. The van der Waals surface area contributed by atoms with Gasteiger partial charge in [0.2, 0.25) is 0 Å². The summed E-state index contributed by atoms with van der Waals surface area (Å²) in [6.07, 6.45) is 4.96. The first-order valence-corrected chi connectivity index (χ1v) is 16.4. The zero-order valence-electron chi connectivity index (χ0n) is 27.3. The molecule has 0 saturated heterocycles. The van der Waals surface area contributed by atoms with Crippen LogP contribution in [0.4, 0.5) is 0 Å². The number of hydrogen-bond acceptors (Lipinski definition) is 5. The van der Waals surface area contributed by atoms with Gasteiger partial charge in [-0.25, -0.2) is 9.78 Å². The summed E-state index contributed by atoms with van der Waals surface area (Å²) in [5, 5.41) is 4.80. The molecule has 1 unspecified atom stereocenters. The number of rotatable bonds is 12. The van der Waals surface area contributed by atoms with Gasteiger partial charge in [0, 0.05) is 29.1 Å². The van der Waals surface area contributed by atoms with Gasteiger partial charge in [-0.3, -0.25) is 9.59 Å². The van der Waals surface area contributed by atoms with Crippen LogP contribution in [0.25, 0.3) is 23.1 Å². The number of nitrogens with one attached hydrogen (secondary N) is 1. The molecule has 8 heteroatoms. The summed E-state index contributed by atoms with van der Waals surface area (Å²) in [5.74, 6) is -0.994. The van der Waals surface area contributed by atoms with Crippen molar-refractivity contribution in [3.8, 4) is 0 Å². The molecule has 1 aromatic heterocycles. The highest BCUT2D eigenvalue weighted by Gasteiger charge is 2.23. The van der Waals surface area contributed by atoms with Gasteiger partial charge in [-0.2, -0.15) is 0 Å². The van der Waals surface area contributed by atoms with Gasteiger partial charge in [-0.15, -0.1) is 0 Å². The lowest BCUT2D eigenvalue weighted by Gasteiger charge is -2.23. The Morgan fingerprint density at radius 1 is 0.833 bits per heavy atom. The maximum atomic E-state index is 13.7. The van der Waals surface area contributed by atoms with E-state index in [1.54, 1.807) is 29.2 Å². The van der Waals surface area contributed by atoms with Gasteiger partial charge in [0.15, 0.2) is 0 Å². The Bertz CT molecular complexity index is 1970. The highest BCUT2D eigenvalue weighted by Crippen LogP contribution is 2.25. The van der Waals surface area contributed by atoms with Crippen LogP contribution in [0.3, 0.4) is 0 Å². The Kier molecular flexibility index (Phi) is 11.4. The average molecular weight is 660 g/mol. The van der Waals surface area contributed by atoms with Crippen molar-refractivity contribution in [1.82, 2.24) is 15.2 Å². The first-order valence-electron chi connectivity index (χ1n) is 16.0. The molecule has 2 amide bonds. The summed E-state index contributed by atoms with van der Waals surface area (Å²) >= 11 is 6.18. The molecule has 1 atom stereocenters. The van der Waals surface area contributed by atoms with Gasteiger partial charge in [-0.1, -0.05) is 78.3 Å². The number of aromatic nitrogens is 1. The maximum Gasteiger partial charge on any atom is 0.338 e. The minimum absolute atomic E-state index is 0.0140. The number of nitrogens with zero attached hydrogens (tertiary/aromatic N) is 2. The van der Waals surface area contributed by atoms with Gasteiger partial charge in [0.25, 0.3) is 11.8 Å². The number of carbonyl (C=O) groups excluding carboxylic acids is 3. The van der Waals surface area contributed by atoms with Crippen LogP contribution in [-0.2, 0) is 11.2 Å². The van der Waals surface area contributed by atoms with Crippen molar-refractivity contribution < 1.29 is 19.1 Å². The van der Waals surface area contributed by atoms with Crippen molar-refractivity contribution in [3.63, 3.8) is 0 Å². The fraction of sp³-hybridized carbons (Fsp3) is 0.200. The minimum Gasteiger partial charge on any atom is -0.465 e. The highest BCUT2D eigenvalue weighted by atomic mass is 35.5. The van der Waals surface area contributed by atoms with E-state index >= 15 is 0 Å². The number of hydrogen-bond donors (Lipinski definition) is 1. The topological polar surface area (TPSA) is 88.6 Å². The van der Waals surface area contributed by atoms with E-state index in [2.05, 4.69) is 5.32 Å². The number of fused-ring (bicyclic) bond motifs is 1. The smallest absolute Gasteiger partial charge is 0.338 e. The Balaban J connectivity index is 1.45. The van der Waals surface area contributed by atoms with Crippen molar-refractivity contribution >= 4 is 52.4 Å². The molecule has 5 aromatic rings. The number of benzene rings is 4. The zero-order valence-corrected chi connectivity index (χ0v) is 28.0. The third kappa shape index (κ3) is 8.17. The Morgan fingerprint density at radius 2 is 1.54 bits per heavy atom. The monoisotopic (exact) mass is 659 g/mol. The van der Waals surface area contributed by atoms with Crippen LogP contribution in [0.15, 0.2) is 103 Å². The van der Waals surface area contributed by atoms with E-state index in [-0.39, 0.29) is 17.0 Å². The van der Waals surface area contributed by atoms with Crippen molar-refractivity contribution in [2.75, 3.05) is 20.2 Å². The average Bonchev–Trinajstić information content (AvgIpc) is 3.12. The summed E-state index contributed by atoms with van der Waals surface area (Å²) < 4.78 is 4.93. The van der Waals surface area contributed by atoms with Crippen molar-refractivity contribution in [2.24, 2.45) is 0 Å². The van der Waals surface area contributed by atoms with E-state index in [1.165, 1.54) is 7.11 Å². The quantitative estimate of drug-likeness (QED) is 0.136. The minimum atomic E-state index is -0.585. The molecule has 244 valence electrons. The fourth-order valence-electron chi connectivity index (χ4n) is 5.72. The number of ether oxygens (including phenoxy) is 1. The van der Waals surface area contributed by atoms with Gasteiger partial charge in [-0.05, 0) is 91.9 Å². The second-order valence-corrected chi connectivity index (χ2v) is 11.7. The van der Waals surface area contributed by atoms with Crippen LogP contribution in [0, 0.1) is 0 Å². The molecule has 0 aliphatic rings. The van der Waals surface area contributed by atoms with Crippen LogP contribution >= 0.6 is 11.6 Å². The number of amides is 2. The predicted molar refractivity (Wildman–Crippen MR) is 192 cm³/mol. The number of carbonyl (C=O) groups is 3. The lowest BCUT2D eigenvalue weighted by atomic mass is 9.94. The summed E-state index contributed by atoms with van der Waals surface area (Å²) in [4.78, 5) is 46.1. The van der Waals surface area contributed by atoms with Gasteiger partial charge < -0.3 is 15.0 Å². The van der Waals surface area contributed by atoms with Crippen molar-refractivity contribution in [1.29, 1.82) is 0 Å². The second-order valence-electron chi connectivity index (χ2n) is 11.3. The maximum absolute atomic E-state index is 13.7. The van der Waals surface area contributed by atoms with Crippen LogP contribution in [-0.4, -0.2) is 47.9 Å². The molecular formula is C40H38ClN3O4. The van der Waals surface area contributed by atoms with E-state index in [0.29, 0.717) is 36.5 Å². The number of halogens is 1. The number of pyridine rings is 1. The number of esters is 1. The van der Waals surface area contributed by atoms with Crippen molar-refractivity contribution in [2.45, 2.75) is 32.7 Å². The standard InChI is InChI=1S/C40H38ClN3O4/c1-4-44(5-2)39(46)33-14-7-6-12-28(33)20-24-36(43-38(45)34-15-8-9-16-35(34)40(47)48-3)30-13-10-11-27(25-30)17-22-32-23-19-29-18-21-31(41)26-37(29)42-32/h6-19,21-23,25-26,36H,4-5,20,24H2,1-3H3,(H,43,45)/b22-17+.